The minimum absolute atomic E-state index is 0.0382. The summed E-state index contributed by atoms with van der Waals surface area (Å²) in [4.78, 5) is 11.6. The van der Waals surface area contributed by atoms with Gasteiger partial charge in [-0.05, 0) is 30.1 Å². The molecule has 1 N–H and O–H groups in total. The zero-order chi connectivity index (χ0) is 9.45. The lowest BCUT2D eigenvalue weighted by Crippen LogP contribution is -2.41. The van der Waals surface area contributed by atoms with Crippen LogP contribution in [-0.2, 0) is 9.53 Å². The molecule has 0 spiro atoms. The van der Waals surface area contributed by atoms with E-state index < -0.39 is 6.29 Å². The summed E-state index contributed by atoms with van der Waals surface area (Å²) in [6.07, 6.45) is 4.78. The average molecular weight is 192 g/mol. The largest absolute Gasteiger partial charge is 0.435 e. The van der Waals surface area contributed by atoms with Crippen LogP contribution in [0.5, 0.6) is 0 Å². The molecule has 0 aromatic heterocycles. The van der Waals surface area contributed by atoms with E-state index in [0.717, 1.165) is 5.92 Å². The van der Waals surface area contributed by atoms with Gasteiger partial charge in [0.2, 0.25) is 6.29 Å². The van der Waals surface area contributed by atoms with Crippen molar-refractivity contribution in [1.29, 1.82) is 0 Å². The van der Waals surface area contributed by atoms with Crippen LogP contribution < -0.4 is 0 Å². The average Bonchev–Trinajstić information content (AvgIpc) is 2.92. The monoisotopic (exact) mass is 192 g/mol. The van der Waals surface area contributed by atoms with Crippen LogP contribution in [0.1, 0.15) is 6.42 Å². The molecule has 2 saturated carbocycles. The first kappa shape index (κ1) is 7.46. The summed E-state index contributed by atoms with van der Waals surface area (Å²) in [5.74, 6) is 2.05. The number of aliphatic hydroxyl groups is 1. The molecule has 7 unspecified atom stereocenters. The van der Waals surface area contributed by atoms with E-state index in [0.29, 0.717) is 17.8 Å². The Morgan fingerprint density at radius 2 is 2.00 bits per heavy atom. The second-order valence-corrected chi connectivity index (χ2v) is 5.03. The summed E-state index contributed by atoms with van der Waals surface area (Å²) in [5.41, 5.74) is 0. The molecule has 3 nitrogen and oxygen atoms in total. The summed E-state index contributed by atoms with van der Waals surface area (Å²) in [5, 5.41) is 9.68. The predicted molar refractivity (Wildman–Crippen MR) is 46.8 cm³/mol. The third-order valence-electron chi connectivity index (χ3n) is 4.55. The van der Waals surface area contributed by atoms with Crippen LogP contribution in [0.15, 0.2) is 12.2 Å². The first-order chi connectivity index (χ1) is 6.77. The molecule has 3 fully saturated rings. The van der Waals surface area contributed by atoms with Crippen molar-refractivity contribution in [3.8, 4) is 0 Å². The highest BCUT2D eigenvalue weighted by Gasteiger charge is 2.65. The Balaban J connectivity index is 1.84. The molecule has 0 aromatic rings. The van der Waals surface area contributed by atoms with Crippen molar-refractivity contribution in [1.82, 2.24) is 0 Å². The van der Waals surface area contributed by atoms with Gasteiger partial charge in [0.05, 0.1) is 5.92 Å². The van der Waals surface area contributed by atoms with E-state index in [-0.39, 0.29) is 17.8 Å². The normalized spacial score (nSPS) is 62.1. The summed E-state index contributed by atoms with van der Waals surface area (Å²) >= 11 is 0. The first-order valence-electron chi connectivity index (χ1n) is 5.34. The maximum atomic E-state index is 11.6. The lowest BCUT2D eigenvalue weighted by molar-refractivity contribution is -0.157. The number of hydrogen-bond acceptors (Lipinski definition) is 3. The fourth-order valence-corrected chi connectivity index (χ4v) is 3.92. The zero-order valence-electron chi connectivity index (χ0n) is 7.67. The zero-order valence-corrected chi connectivity index (χ0v) is 7.67. The Morgan fingerprint density at radius 3 is 2.86 bits per heavy atom. The third kappa shape index (κ3) is 0.650. The second-order valence-electron chi connectivity index (χ2n) is 5.03. The molecule has 14 heavy (non-hydrogen) atoms. The van der Waals surface area contributed by atoms with E-state index in [9.17, 15) is 9.90 Å². The summed E-state index contributed by atoms with van der Waals surface area (Å²) < 4.78 is 4.93. The number of cyclic esters (lactones) is 1. The van der Waals surface area contributed by atoms with Gasteiger partial charge >= 0.3 is 5.97 Å². The molecule has 74 valence electrons. The highest BCUT2D eigenvalue weighted by Crippen LogP contribution is 2.65. The third-order valence-corrected chi connectivity index (χ3v) is 4.55. The molecule has 2 bridgehead atoms. The smallest absolute Gasteiger partial charge is 0.312 e. The van der Waals surface area contributed by atoms with Gasteiger partial charge in [-0.3, -0.25) is 4.79 Å². The summed E-state index contributed by atoms with van der Waals surface area (Å²) in [7, 11) is 0. The highest BCUT2D eigenvalue weighted by molar-refractivity contribution is 5.76. The van der Waals surface area contributed by atoms with Crippen LogP contribution in [0.25, 0.3) is 0 Å². The predicted octanol–water partition coefficient (Wildman–Crippen LogP) is 0.546. The Hall–Kier alpha value is -0.830. The van der Waals surface area contributed by atoms with Gasteiger partial charge in [-0.2, -0.15) is 0 Å². The number of carbonyl (C=O) groups is 1. The number of allylic oxidation sites excluding steroid dienone is 2. The molecule has 1 aliphatic heterocycles. The Bertz CT molecular complexity index is 348. The molecule has 5 rings (SSSR count). The lowest BCUT2D eigenvalue weighted by Gasteiger charge is -2.38. The van der Waals surface area contributed by atoms with Crippen LogP contribution in [0.2, 0.25) is 0 Å². The fourth-order valence-electron chi connectivity index (χ4n) is 3.92. The lowest BCUT2D eigenvalue weighted by atomic mass is 9.63. The van der Waals surface area contributed by atoms with Crippen LogP contribution >= 0.6 is 0 Å². The van der Waals surface area contributed by atoms with E-state index in [4.69, 9.17) is 4.74 Å². The molecule has 5 aliphatic rings. The van der Waals surface area contributed by atoms with Crippen molar-refractivity contribution >= 4 is 5.97 Å². The van der Waals surface area contributed by atoms with Gasteiger partial charge in [-0.15, -0.1) is 0 Å². The van der Waals surface area contributed by atoms with Crippen molar-refractivity contribution in [2.24, 2.45) is 35.5 Å². The van der Waals surface area contributed by atoms with Crippen molar-refractivity contribution < 1.29 is 14.6 Å². The van der Waals surface area contributed by atoms with Crippen molar-refractivity contribution in [2.45, 2.75) is 12.7 Å². The number of aliphatic hydroxyl groups excluding tert-OH is 1. The van der Waals surface area contributed by atoms with Gasteiger partial charge in [-0.1, -0.05) is 12.2 Å². The van der Waals surface area contributed by atoms with E-state index in [1.165, 1.54) is 6.42 Å². The molecular formula is C11H12O3. The number of ether oxygens (including phenoxy) is 1. The number of esters is 1. The molecule has 4 aliphatic carbocycles. The van der Waals surface area contributed by atoms with E-state index in [2.05, 4.69) is 12.2 Å². The quantitative estimate of drug-likeness (QED) is 0.450. The standard InChI is InChI=1S/C11H12O3/c12-10-8-4-1-2-5(7-3-6(4)7)9(8)11(13)14-10/h1-2,4-10,12H,3H2. The molecule has 0 amide bonds. The minimum atomic E-state index is -0.841. The van der Waals surface area contributed by atoms with Gasteiger partial charge < -0.3 is 9.84 Å². The van der Waals surface area contributed by atoms with Crippen LogP contribution in [0, 0.1) is 35.5 Å². The van der Waals surface area contributed by atoms with E-state index in [1.807, 2.05) is 0 Å². The van der Waals surface area contributed by atoms with Crippen molar-refractivity contribution in [2.75, 3.05) is 0 Å². The Kier molecular flexibility index (Phi) is 1.10. The molecular weight excluding hydrogens is 180 g/mol. The van der Waals surface area contributed by atoms with Crippen molar-refractivity contribution in [3.63, 3.8) is 0 Å². The first-order valence-corrected chi connectivity index (χ1v) is 5.34. The van der Waals surface area contributed by atoms with Crippen molar-refractivity contribution in [3.05, 3.63) is 12.2 Å². The van der Waals surface area contributed by atoms with Gasteiger partial charge in [0.1, 0.15) is 0 Å². The van der Waals surface area contributed by atoms with Crippen LogP contribution in [-0.4, -0.2) is 17.4 Å². The van der Waals surface area contributed by atoms with E-state index in [1.54, 1.807) is 0 Å². The highest BCUT2D eigenvalue weighted by atomic mass is 16.6. The maximum absolute atomic E-state index is 11.6. The maximum Gasteiger partial charge on any atom is 0.312 e. The second kappa shape index (κ2) is 2.06. The number of hydrogen-bond donors (Lipinski definition) is 1. The van der Waals surface area contributed by atoms with E-state index >= 15 is 0 Å². The molecule has 0 radical (unpaired) electrons. The van der Waals surface area contributed by atoms with Gasteiger partial charge in [0.25, 0.3) is 0 Å². The molecule has 3 heteroatoms. The van der Waals surface area contributed by atoms with Crippen LogP contribution in [0.4, 0.5) is 0 Å². The van der Waals surface area contributed by atoms with Gasteiger partial charge in [0.15, 0.2) is 0 Å². The summed E-state index contributed by atoms with van der Waals surface area (Å²) in [6.45, 7) is 0. The molecule has 1 saturated heterocycles. The molecule has 1 heterocycles. The molecule has 0 aromatic carbocycles. The number of carbonyl (C=O) groups excluding carboxylic acids is 1. The summed E-state index contributed by atoms with van der Waals surface area (Å²) in [6, 6.07) is 0. The van der Waals surface area contributed by atoms with Gasteiger partial charge in [0, 0.05) is 5.92 Å². The van der Waals surface area contributed by atoms with Gasteiger partial charge in [-0.25, -0.2) is 0 Å². The topological polar surface area (TPSA) is 46.5 Å². The molecule has 7 atom stereocenters. The Morgan fingerprint density at radius 1 is 1.29 bits per heavy atom. The number of rotatable bonds is 0. The fraction of sp³-hybridized carbons (Fsp3) is 0.727. The SMILES string of the molecule is O=C1OC(O)C2C3C=CC(C4CC34)C12. The Labute approximate surface area is 81.7 Å². The minimum Gasteiger partial charge on any atom is -0.435 e. The van der Waals surface area contributed by atoms with Crippen LogP contribution in [0.3, 0.4) is 0 Å².